The van der Waals surface area contributed by atoms with Gasteiger partial charge in [0.05, 0.1) is 39.6 Å². The molecular formula is C46H89NO7. The second-order valence-electron chi connectivity index (χ2n) is 14.9. The van der Waals surface area contributed by atoms with Crippen LogP contribution in [0.25, 0.3) is 0 Å². The van der Waals surface area contributed by atoms with Crippen LogP contribution in [-0.4, -0.2) is 83.3 Å². The molecule has 0 rings (SSSR count). The minimum Gasteiger partial charge on any atom is -0.447 e. The van der Waals surface area contributed by atoms with Crippen molar-refractivity contribution in [2.75, 3.05) is 66.0 Å². The number of aliphatic hydroxyl groups is 1. The zero-order chi connectivity index (χ0) is 39.1. The van der Waals surface area contributed by atoms with E-state index in [9.17, 15) is 4.79 Å². The summed E-state index contributed by atoms with van der Waals surface area (Å²) >= 11 is 0. The van der Waals surface area contributed by atoms with Crippen molar-refractivity contribution in [1.82, 2.24) is 5.32 Å². The molecule has 0 radical (unpaired) electrons. The van der Waals surface area contributed by atoms with Crippen LogP contribution in [0.2, 0.25) is 0 Å². The first-order valence-electron chi connectivity index (χ1n) is 22.9. The van der Waals surface area contributed by atoms with Gasteiger partial charge in [0.2, 0.25) is 0 Å². The molecule has 0 spiro atoms. The van der Waals surface area contributed by atoms with Gasteiger partial charge in [-0.05, 0) is 64.2 Å². The van der Waals surface area contributed by atoms with E-state index < -0.39 is 6.09 Å². The van der Waals surface area contributed by atoms with Gasteiger partial charge < -0.3 is 34.1 Å². The Morgan fingerprint density at radius 3 is 1.39 bits per heavy atom. The topological polar surface area (TPSA) is 95.5 Å². The van der Waals surface area contributed by atoms with Crippen molar-refractivity contribution in [3.63, 3.8) is 0 Å². The van der Waals surface area contributed by atoms with Crippen molar-refractivity contribution in [1.29, 1.82) is 0 Å². The third-order valence-electron chi connectivity index (χ3n) is 9.64. The highest BCUT2D eigenvalue weighted by atomic mass is 16.6. The van der Waals surface area contributed by atoms with Gasteiger partial charge in [0, 0.05) is 19.8 Å². The molecule has 0 heterocycles. The third-order valence-corrected chi connectivity index (χ3v) is 9.64. The number of aliphatic hydroxyl groups excluding tert-OH is 1. The molecule has 0 saturated carbocycles. The Labute approximate surface area is 334 Å². The van der Waals surface area contributed by atoms with E-state index in [0.717, 1.165) is 19.3 Å². The Bertz CT molecular complexity index is 778. The van der Waals surface area contributed by atoms with Crippen molar-refractivity contribution >= 4 is 6.09 Å². The highest BCUT2D eigenvalue weighted by Gasteiger charge is 2.13. The van der Waals surface area contributed by atoms with Crippen LogP contribution in [0.1, 0.15) is 194 Å². The van der Waals surface area contributed by atoms with Crippen LogP contribution in [0.5, 0.6) is 0 Å². The van der Waals surface area contributed by atoms with Crippen molar-refractivity contribution in [3.8, 4) is 0 Å². The van der Waals surface area contributed by atoms with E-state index in [1.54, 1.807) is 0 Å². The Morgan fingerprint density at radius 1 is 0.481 bits per heavy atom. The van der Waals surface area contributed by atoms with Crippen molar-refractivity contribution in [2.24, 2.45) is 0 Å². The van der Waals surface area contributed by atoms with E-state index in [0.29, 0.717) is 52.8 Å². The van der Waals surface area contributed by atoms with E-state index in [1.807, 2.05) is 0 Å². The second-order valence-corrected chi connectivity index (χ2v) is 14.9. The summed E-state index contributed by atoms with van der Waals surface area (Å²) in [4.78, 5) is 12.3. The number of nitrogens with one attached hydrogen (secondary N) is 1. The highest BCUT2D eigenvalue weighted by Crippen LogP contribution is 2.12. The second kappa shape index (κ2) is 47.7. The van der Waals surface area contributed by atoms with Crippen molar-refractivity contribution in [3.05, 3.63) is 24.3 Å². The molecule has 0 bridgehead atoms. The molecule has 0 aliphatic carbocycles. The molecule has 0 fully saturated rings. The molecule has 0 saturated heterocycles. The summed E-state index contributed by atoms with van der Waals surface area (Å²) in [6, 6.07) is 0. The number of alkyl carbamates (subject to hydrolysis) is 1. The predicted octanol–water partition coefficient (Wildman–Crippen LogP) is 12.2. The molecule has 54 heavy (non-hydrogen) atoms. The number of ether oxygens (including phenoxy) is 5. The fraction of sp³-hybridized carbons (Fsp3) is 0.891. The summed E-state index contributed by atoms with van der Waals surface area (Å²) in [6.45, 7) is 8.36. The number of carbonyl (C=O) groups excluding carboxylic acids is 1. The van der Waals surface area contributed by atoms with Gasteiger partial charge in [0.25, 0.3) is 0 Å². The maximum atomic E-state index is 12.3. The average molecular weight is 768 g/mol. The lowest BCUT2D eigenvalue weighted by molar-refractivity contribution is -0.0469. The minimum absolute atomic E-state index is 0.00131. The molecule has 320 valence electrons. The summed E-state index contributed by atoms with van der Waals surface area (Å²) in [5.74, 6) is 0. The molecular weight excluding hydrogens is 679 g/mol. The summed E-state index contributed by atoms with van der Waals surface area (Å²) in [6.07, 6.45) is 44.8. The quantitative estimate of drug-likeness (QED) is 0.0470. The van der Waals surface area contributed by atoms with Gasteiger partial charge >= 0.3 is 6.09 Å². The maximum Gasteiger partial charge on any atom is 0.407 e. The summed E-state index contributed by atoms with van der Waals surface area (Å²) in [7, 11) is 0. The molecule has 1 unspecified atom stereocenters. The molecule has 2 N–H and O–H groups in total. The van der Waals surface area contributed by atoms with Gasteiger partial charge in [-0.1, -0.05) is 154 Å². The largest absolute Gasteiger partial charge is 0.447 e. The number of carbonyl (C=O) groups is 1. The van der Waals surface area contributed by atoms with Crippen LogP contribution >= 0.6 is 0 Å². The van der Waals surface area contributed by atoms with E-state index in [1.165, 1.54) is 161 Å². The summed E-state index contributed by atoms with van der Waals surface area (Å²) < 4.78 is 28.2. The zero-order valence-corrected chi connectivity index (χ0v) is 35.7. The normalized spacial score (nSPS) is 12.4. The van der Waals surface area contributed by atoms with E-state index in [-0.39, 0.29) is 19.3 Å². The number of amides is 1. The molecule has 0 aromatic rings. The van der Waals surface area contributed by atoms with Crippen LogP contribution in [0.15, 0.2) is 24.3 Å². The number of unbranched alkanes of at least 4 members (excludes halogenated alkanes) is 24. The molecule has 8 nitrogen and oxygen atoms in total. The Hall–Kier alpha value is -1.45. The van der Waals surface area contributed by atoms with E-state index in [4.69, 9.17) is 28.8 Å². The maximum absolute atomic E-state index is 12.3. The van der Waals surface area contributed by atoms with Crippen LogP contribution < -0.4 is 5.32 Å². The molecule has 8 heteroatoms. The van der Waals surface area contributed by atoms with Gasteiger partial charge in [0.15, 0.2) is 0 Å². The van der Waals surface area contributed by atoms with Gasteiger partial charge in [-0.3, -0.25) is 0 Å². The first kappa shape index (κ1) is 52.6. The van der Waals surface area contributed by atoms with Crippen molar-refractivity contribution < 1.29 is 33.6 Å². The monoisotopic (exact) mass is 768 g/mol. The molecule has 0 aliphatic rings. The van der Waals surface area contributed by atoms with E-state index >= 15 is 0 Å². The van der Waals surface area contributed by atoms with Crippen LogP contribution in [0.3, 0.4) is 0 Å². The highest BCUT2D eigenvalue weighted by molar-refractivity contribution is 5.67. The number of hydrogen-bond acceptors (Lipinski definition) is 7. The fourth-order valence-corrected chi connectivity index (χ4v) is 6.24. The molecule has 1 atom stereocenters. The van der Waals surface area contributed by atoms with Gasteiger partial charge in [-0.2, -0.15) is 0 Å². The van der Waals surface area contributed by atoms with Gasteiger partial charge in [-0.25, -0.2) is 4.79 Å². The van der Waals surface area contributed by atoms with Gasteiger partial charge in [-0.15, -0.1) is 0 Å². The van der Waals surface area contributed by atoms with Crippen molar-refractivity contribution in [2.45, 2.75) is 200 Å². The third kappa shape index (κ3) is 44.9. The Balaban J connectivity index is 4.06. The number of allylic oxidation sites excluding steroid dienone is 4. The average Bonchev–Trinajstić information content (AvgIpc) is 3.18. The molecule has 0 aromatic carbocycles. The predicted molar refractivity (Wildman–Crippen MR) is 228 cm³/mol. The van der Waals surface area contributed by atoms with E-state index in [2.05, 4.69) is 43.5 Å². The SMILES string of the molecule is CCCCCCCC/C=C\CCCCCCCCOCC(COC(=O)NCCOCCOCCO)OCCCCCCCC/C=C\CCCCCCCC. The Kier molecular flexibility index (Phi) is 46.4. The number of hydrogen-bond donors (Lipinski definition) is 2. The van der Waals surface area contributed by atoms with Gasteiger partial charge in [0.1, 0.15) is 12.7 Å². The minimum atomic E-state index is -0.478. The lowest BCUT2D eigenvalue weighted by Crippen LogP contribution is -2.33. The smallest absolute Gasteiger partial charge is 0.407 e. The van der Waals surface area contributed by atoms with Crippen LogP contribution in [0, 0.1) is 0 Å². The Morgan fingerprint density at radius 2 is 0.907 bits per heavy atom. The summed E-state index contributed by atoms with van der Waals surface area (Å²) in [5.41, 5.74) is 0. The standard InChI is InChI=1S/C46H89NO7/c1-3-5-7-9-11-13-15-17-19-21-23-25-27-29-31-33-37-52-43-45(44-54-46(49)47-35-39-50-41-42-51-40-36-48)53-38-34-32-30-28-26-24-22-20-18-16-14-12-10-8-6-4-2/h17-20,45,48H,3-16,21-44H2,1-2H3,(H,47,49)/b19-17-,20-18-. The fourth-order valence-electron chi connectivity index (χ4n) is 6.24. The lowest BCUT2D eigenvalue weighted by atomic mass is 10.1. The summed E-state index contributed by atoms with van der Waals surface area (Å²) in [5, 5.41) is 11.5. The molecule has 0 aromatic heterocycles. The van der Waals surface area contributed by atoms with Crippen LogP contribution in [-0.2, 0) is 23.7 Å². The lowest BCUT2D eigenvalue weighted by Gasteiger charge is -2.18. The molecule has 0 aliphatic heterocycles. The number of rotatable bonds is 45. The van der Waals surface area contributed by atoms with Crippen LogP contribution in [0.4, 0.5) is 4.79 Å². The first-order valence-corrected chi connectivity index (χ1v) is 22.9. The molecule has 1 amide bonds. The first-order chi connectivity index (χ1) is 26.7. The zero-order valence-electron chi connectivity index (χ0n) is 35.7.